The van der Waals surface area contributed by atoms with Crippen LogP contribution in [0.25, 0.3) is 0 Å². The second-order valence-electron chi connectivity index (χ2n) is 5.83. The zero-order valence-electron chi connectivity index (χ0n) is 11.9. The zero-order valence-corrected chi connectivity index (χ0v) is 11.9. The molecular weight excluding hydrogens is 226 g/mol. The van der Waals surface area contributed by atoms with Gasteiger partial charge >= 0.3 is 0 Å². The third kappa shape index (κ3) is 3.11. The Bertz CT molecular complexity index is 437. The molecule has 0 bridgehead atoms. The Labute approximate surface area is 109 Å². The van der Waals surface area contributed by atoms with Crippen LogP contribution in [0, 0.1) is 17.2 Å². The van der Waals surface area contributed by atoms with Crippen LogP contribution in [0.1, 0.15) is 57.9 Å². The van der Waals surface area contributed by atoms with Gasteiger partial charge in [0, 0.05) is 24.2 Å². The minimum Gasteiger partial charge on any atom is -0.387 e. The molecule has 1 N–H and O–H groups in total. The summed E-state index contributed by atoms with van der Waals surface area (Å²) in [7, 11) is 1.84. The molecule has 0 saturated heterocycles. The molecule has 0 radical (unpaired) electrons. The summed E-state index contributed by atoms with van der Waals surface area (Å²) in [4.78, 5) is 0. The van der Waals surface area contributed by atoms with E-state index in [-0.39, 0.29) is 11.3 Å². The van der Waals surface area contributed by atoms with Gasteiger partial charge in [0.05, 0.1) is 23.8 Å². The number of nitriles is 1. The fourth-order valence-corrected chi connectivity index (χ4v) is 2.13. The number of aryl methyl sites for hydroxylation is 1. The van der Waals surface area contributed by atoms with Crippen molar-refractivity contribution in [3.63, 3.8) is 0 Å². The Morgan fingerprint density at radius 1 is 1.50 bits per heavy atom. The molecule has 4 nitrogen and oxygen atoms in total. The van der Waals surface area contributed by atoms with E-state index in [4.69, 9.17) is 5.26 Å². The minimum absolute atomic E-state index is 0.135. The highest BCUT2D eigenvalue weighted by atomic mass is 16.3. The zero-order chi connectivity index (χ0) is 13.9. The maximum absolute atomic E-state index is 10.4. The average Bonchev–Trinajstić information content (AvgIpc) is 2.67. The van der Waals surface area contributed by atoms with Crippen LogP contribution in [0.4, 0.5) is 0 Å². The van der Waals surface area contributed by atoms with Crippen molar-refractivity contribution in [3.8, 4) is 6.07 Å². The van der Waals surface area contributed by atoms with Crippen LogP contribution in [0.15, 0.2) is 6.20 Å². The van der Waals surface area contributed by atoms with E-state index >= 15 is 0 Å². The van der Waals surface area contributed by atoms with E-state index in [1.54, 1.807) is 4.68 Å². The van der Waals surface area contributed by atoms with Crippen molar-refractivity contribution in [1.82, 2.24) is 9.78 Å². The Balaban J connectivity index is 3.13. The van der Waals surface area contributed by atoms with E-state index in [9.17, 15) is 5.11 Å². The highest BCUT2D eigenvalue weighted by Gasteiger charge is 2.29. The normalized spacial score (nSPS) is 15.2. The number of hydrogen-bond acceptors (Lipinski definition) is 3. The maximum Gasteiger partial charge on any atom is 0.0981 e. The molecule has 0 amide bonds. The molecule has 1 heterocycles. The first-order valence-electron chi connectivity index (χ1n) is 6.43. The monoisotopic (exact) mass is 249 g/mol. The Kier molecular flexibility index (Phi) is 4.53. The number of nitrogens with zero attached hydrogens (tertiary/aromatic N) is 3. The van der Waals surface area contributed by atoms with Crippen molar-refractivity contribution in [1.29, 1.82) is 5.26 Å². The standard InChI is InChI=1S/C14H23N3O/c1-6-7-10(8-15)12(18)11-9-17(5)16-13(11)14(2,3)4/h9-10,12,18H,6-7H2,1-5H3. The molecule has 0 saturated carbocycles. The van der Waals surface area contributed by atoms with Crippen LogP contribution in [-0.4, -0.2) is 14.9 Å². The Hall–Kier alpha value is -1.34. The van der Waals surface area contributed by atoms with Crippen molar-refractivity contribution < 1.29 is 5.11 Å². The van der Waals surface area contributed by atoms with Crippen LogP contribution in [0.5, 0.6) is 0 Å². The number of hydrogen-bond donors (Lipinski definition) is 1. The minimum atomic E-state index is -0.752. The molecule has 0 spiro atoms. The molecular formula is C14H23N3O. The summed E-state index contributed by atoms with van der Waals surface area (Å²) < 4.78 is 1.71. The Morgan fingerprint density at radius 2 is 2.11 bits per heavy atom. The summed E-state index contributed by atoms with van der Waals surface area (Å²) in [5.41, 5.74) is 1.52. The van der Waals surface area contributed by atoms with E-state index in [0.29, 0.717) is 6.42 Å². The molecule has 2 atom stereocenters. The number of aliphatic hydroxyl groups excluding tert-OH is 1. The molecule has 4 heteroatoms. The van der Waals surface area contributed by atoms with Gasteiger partial charge < -0.3 is 5.11 Å². The molecule has 0 aliphatic heterocycles. The molecule has 1 aromatic rings. The summed E-state index contributed by atoms with van der Waals surface area (Å²) in [5, 5.41) is 24.0. The van der Waals surface area contributed by atoms with Gasteiger partial charge in [-0.3, -0.25) is 4.68 Å². The van der Waals surface area contributed by atoms with E-state index < -0.39 is 6.10 Å². The lowest BCUT2D eigenvalue weighted by molar-refractivity contribution is 0.128. The lowest BCUT2D eigenvalue weighted by Crippen LogP contribution is -2.19. The van der Waals surface area contributed by atoms with Gasteiger partial charge in [-0.1, -0.05) is 34.1 Å². The highest BCUT2D eigenvalue weighted by molar-refractivity contribution is 5.27. The van der Waals surface area contributed by atoms with Crippen LogP contribution in [0.3, 0.4) is 0 Å². The van der Waals surface area contributed by atoms with Gasteiger partial charge in [0.1, 0.15) is 0 Å². The fourth-order valence-electron chi connectivity index (χ4n) is 2.13. The largest absolute Gasteiger partial charge is 0.387 e. The predicted octanol–water partition coefficient (Wildman–Crippen LogP) is 2.69. The smallest absolute Gasteiger partial charge is 0.0981 e. The van der Waals surface area contributed by atoms with E-state index in [0.717, 1.165) is 17.7 Å². The van der Waals surface area contributed by atoms with Gasteiger partial charge in [-0.15, -0.1) is 0 Å². The molecule has 0 fully saturated rings. The fraction of sp³-hybridized carbons (Fsp3) is 0.714. The summed E-state index contributed by atoms with van der Waals surface area (Å²) in [6.07, 6.45) is 2.67. The molecule has 1 aromatic heterocycles. The summed E-state index contributed by atoms with van der Waals surface area (Å²) in [6, 6.07) is 2.20. The van der Waals surface area contributed by atoms with Gasteiger partial charge in [-0.05, 0) is 6.42 Å². The molecule has 0 aliphatic carbocycles. The van der Waals surface area contributed by atoms with Crippen LogP contribution in [0.2, 0.25) is 0 Å². The Morgan fingerprint density at radius 3 is 2.56 bits per heavy atom. The average molecular weight is 249 g/mol. The van der Waals surface area contributed by atoms with Gasteiger partial charge in [0.15, 0.2) is 0 Å². The van der Waals surface area contributed by atoms with Crippen molar-refractivity contribution >= 4 is 0 Å². The number of aliphatic hydroxyl groups is 1. The van der Waals surface area contributed by atoms with Crippen molar-refractivity contribution in [2.24, 2.45) is 13.0 Å². The first-order valence-corrected chi connectivity index (χ1v) is 6.43. The van der Waals surface area contributed by atoms with E-state index in [2.05, 4.69) is 31.9 Å². The topological polar surface area (TPSA) is 61.8 Å². The molecule has 100 valence electrons. The van der Waals surface area contributed by atoms with E-state index in [1.807, 2.05) is 20.2 Å². The molecule has 1 rings (SSSR count). The van der Waals surface area contributed by atoms with Crippen molar-refractivity contribution in [3.05, 3.63) is 17.5 Å². The van der Waals surface area contributed by atoms with Gasteiger partial charge in [0.25, 0.3) is 0 Å². The SMILES string of the molecule is CCCC(C#N)C(O)c1cn(C)nc1C(C)(C)C. The van der Waals surface area contributed by atoms with Gasteiger partial charge in [-0.2, -0.15) is 10.4 Å². The van der Waals surface area contributed by atoms with Crippen LogP contribution >= 0.6 is 0 Å². The predicted molar refractivity (Wildman–Crippen MR) is 70.9 cm³/mol. The third-order valence-electron chi connectivity index (χ3n) is 3.03. The van der Waals surface area contributed by atoms with Crippen LogP contribution in [-0.2, 0) is 12.5 Å². The first-order chi connectivity index (χ1) is 8.31. The van der Waals surface area contributed by atoms with Crippen LogP contribution < -0.4 is 0 Å². The molecule has 18 heavy (non-hydrogen) atoms. The molecule has 0 aliphatic rings. The van der Waals surface area contributed by atoms with Crippen molar-refractivity contribution in [2.75, 3.05) is 0 Å². The highest BCUT2D eigenvalue weighted by Crippen LogP contribution is 2.33. The first kappa shape index (κ1) is 14.7. The maximum atomic E-state index is 10.4. The number of aromatic nitrogens is 2. The summed E-state index contributed by atoms with van der Waals surface area (Å²) in [5.74, 6) is -0.361. The summed E-state index contributed by atoms with van der Waals surface area (Å²) in [6.45, 7) is 8.21. The lowest BCUT2D eigenvalue weighted by atomic mass is 9.84. The molecule has 2 unspecified atom stereocenters. The van der Waals surface area contributed by atoms with Crippen molar-refractivity contribution in [2.45, 2.75) is 52.1 Å². The van der Waals surface area contributed by atoms with Gasteiger partial charge in [-0.25, -0.2) is 0 Å². The quantitative estimate of drug-likeness (QED) is 0.892. The summed E-state index contributed by atoms with van der Waals surface area (Å²) >= 11 is 0. The number of rotatable bonds is 4. The molecule has 0 aromatic carbocycles. The second kappa shape index (κ2) is 5.53. The lowest BCUT2D eigenvalue weighted by Gasteiger charge is -2.22. The second-order valence-corrected chi connectivity index (χ2v) is 5.83. The third-order valence-corrected chi connectivity index (χ3v) is 3.03. The van der Waals surface area contributed by atoms with Gasteiger partial charge in [0.2, 0.25) is 0 Å². The van der Waals surface area contributed by atoms with E-state index in [1.165, 1.54) is 0 Å².